The standard InChI is InChI=1S/C19H18ClN5O3S/c20-17-3-1-2-4-18(17)25-12-13(11-21-25)19(26)23-22-14-7-9-16(10-8-14)29(27,28)24-15-5-6-15/h1-4,7-12,15,22,24H,5-6H2,(H,23,26). The zero-order chi connectivity index (χ0) is 20.4. The summed E-state index contributed by atoms with van der Waals surface area (Å²) in [6.45, 7) is 0. The van der Waals surface area contributed by atoms with Gasteiger partial charge in [0.25, 0.3) is 5.91 Å². The summed E-state index contributed by atoms with van der Waals surface area (Å²) in [6, 6.07) is 13.3. The quantitative estimate of drug-likeness (QED) is 0.499. The molecule has 1 fully saturated rings. The molecule has 0 spiro atoms. The van der Waals surface area contributed by atoms with Crippen molar-refractivity contribution >= 4 is 33.2 Å². The SMILES string of the molecule is O=C(NNc1ccc(S(=O)(=O)NC2CC2)cc1)c1cnn(-c2ccccc2Cl)c1. The summed E-state index contributed by atoms with van der Waals surface area (Å²) >= 11 is 6.14. The van der Waals surface area contributed by atoms with E-state index in [0.717, 1.165) is 12.8 Å². The van der Waals surface area contributed by atoms with Crippen LogP contribution in [0.3, 0.4) is 0 Å². The molecule has 8 nitrogen and oxygen atoms in total. The smallest absolute Gasteiger partial charge is 0.272 e. The molecule has 0 atom stereocenters. The molecule has 1 saturated carbocycles. The van der Waals surface area contributed by atoms with E-state index in [1.165, 1.54) is 23.0 Å². The average molecular weight is 432 g/mol. The molecular weight excluding hydrogens is 414 g/mol. The number of hydrogen-bond acceptors (Lipinski definition) is 5. The number of rotatable bonds is 7. The van der Waals surface area contributed by atoms with Gasteiger partial charge in [-0.15, -0.1) is 0 Å². The average Bonchev–Trinajstić information content (AvgIpc) is 3.37. The van der Waals surface area contributed by atoms with Crippen molar-refractivity contribution in [2.45, 2.75) is 23.8 Å². The van der Waals surface area contributed by atoms with Crippen LogP contribution in [0.4, 0.5) is 5.69 Å². The highest BCUT2D eigenvalue weighted by molar-refractivity contribution is 7.89. The molecule has 1 aliphatic rings. The van der Waals surface area contributed by atoms with Crippen LogP contribution in [-0.2, 0) is 10.0 Å². The molecule has 0 unspecified atom stereocenters. The first-order valence-electron chi connectivity index (χ1n) is 8.91. The van der Waals surface area contributed by atoms with Gasteiger partial charge in [0.15, 0.2) is 0 Å². The van der Waals surface area contributed by atoms with E-state index in [-0.39, 0.29) is 10.9 Å². The number of benzene rings is 2. The maximum atomic E-state index is 12.3. The molecule has 1 aromatic heterocycles. The Morgan fingerprint density at radius 1 is 1.10 bits per heavy atom. The van der Waals surface area contributed by atoms with Crippen LogP contribution in [-0.4, -0.2) is 30.1 Å². The van der Waals surface area contributed by atoms with Crippen LogP contribution in [0.15, 0.2) is 65.8 Å². The lowest BCUT2D eigenvalue weighted by molar-refractivity contribution is 0.0962. The third kappa shape index (κ3) is 4.58. The van der Waals surface area contributed by atoms with Gasteiger partial charge in [0.05, 0.1) is 33.1 Å². The molecule has 10 heteroatoms. The predicted molar refractivity (Wildman–Crippen MR) is 109 cm³/mol. The third-order valence-electron chi connectivity index (χ3n) is 4.33. The molecule has 0 bridgehead atoms. The minimum atomic E-state index is -3.50. The van der Waals surface area contributed by atoms with Crippen molar-refractivity contribution < 1.29 is 13.2 Å². The number of anilines is 1. The molecule has 3 N–H and O–H groups in total. The number of aromatic nitrogens is 2. The molecular formula is C19H18ClN5O3S. The Kier molecular flexibility index (Phi) is 5.27. The Bertz CT molecular complexity index is 1140. The lowest BCUT2D eigenvalue weighted by Crippen LogP contribution is -2.29. The maximum Gasteiger partial charge on any atom is 0.272 e. The van der Waals surface area contributed by atoms with Gasteiger partial charge in [0.2, 0.25) is 10.0 Å². The van der Waals surface area contributed by atoms with E-state index in [1.807, 2.05) is 12.1 Å². The van der Waals surface area contributed by atoms with E-state index in [2.05, 4.69) is 20.7 Å². The van der Waals surface area contributed by atoms with Crippen molar-refractivity contribution in [3.05, 3.63) is 71.5 Å². The van der Waals surface area contributed by atoms with Crippen LogP contribution in [0.1, 0.15) is 23.2 Å². The van der Waals surface area contributed by atoms with E-state index >= 15 is 0 Å². The number of para-hydroxylation sites is 1. The molecule has 0 saturated heterocycles. The largest absolute Gasteiger partial charge is 0.298 e. The van der Waals surface area contributed by atoms with Crippen molar-refractivity contribution in [1.82, 2.24) is 19.9 Å². The Balaban J connectivity index is 1.38. The highest BCUT2D eigenvalue weighted by Crippen LogP contribution is 2.23. The minimum absolute atomic E-state index is 0.0452. The van der Waals surface area contributed by atoms with Crippen LogP contribution >= 0.6 is 11.6 Å². The molecule has 1 amide bonds. The topological polar surface area (TPSA) is 105 Å². The van der Waals surface area contributed by atoms with Gasteiger partial charge in [0, 0.05) is 12.2 Å². The number of halogens is 1. The molecule has 3 aromatic rings. The lowest BCUT2D eigenvalue weighted by atomic mass is 10.3. The number of hydrogen-bond donors (Lipinski definition) is 3. The van der Waals surface area contributed by atoms with Gasteiger partial charge in [-0.3, -0.25) is 15.6 Å². The summed E-state index contributed by atoms with van der Waals surface area (Å²) in [7, 11) is -3.50. The fourth-order valence-electron chi connectivity index (χ4n) is 2.62. The molecule has 29 heavy (non-hydrogen) atoms. The molecule has 0 aliphatic heterocycles. The molecule has 150 valence electrons. The molecule has 4 rings (SSSR count). The number of nitrogens with zero attached hydrogens (tertiary/aromatic N) is 2. The number of sulfonamides is 1. The fraction of sp³-hybridized carbons (Fsp3) is 0.158. The van der Waals surface area contributed by atoms with E-state index in [1.54, 1.807) is 30.5 Å². The van der Waals surface area contributed by atoms with E-state index in [4.69, 9.17) is 11.6 Å². The zero-order valence-electron chi connectivity index (χ0n) is 15.2. The van der Waals surface area contributed by atoms with Crippen LogP contribution in [0.2, 0.25) is 5.02 Å². The van der Waals surface area contributed by atoms with Gasteiger partial charge < -0.3 is 0 Å². The number of carbonyl (C=O) groups is 1. The van der Waals surface area contributed by atoms with Crippen molar-refractivity contribution in [3.63, 3.8) is 0 Å². The Morgan fingerprint density at radius 3 is 2.52 bits per heavy atom. The van der Waals surface area contributed by atoms with Gasteiger partial charge in [0.1, 0.15) is 0 Å². The highest BCUT2D eigenvalue weighted by Gasteiger charge is 2.27. The first kappa shape index (κ1) is 19.4. The van der Waals surface area contributed by atoms with Crippen LogP contribution in [0.5, 0.6) is 0 Å². The second kappa shape index (κ2) is 7.86. The van der Waals surface area contributed by atoms with Crippen molar-refractivity contribution in [3.8, 4) is 5.69 Å². The maximum absolute atomic E-state index is 12.3. The summed E-state index contributed by atoms with van der Waals surface area (Å²) in [5, 5.41) is 4.68. The van der Waals surface area contributed by atoms with Crippen molar-refractivity contribution in [1.29, 1.82) is 0 Å². The first-order valence-corrected chi connectivity index (χ1v) is 10.8. The van der Waals surface area contributed by atoms with Crippen molar-refractivity contribution in [2.24, 2.45) is 0 Å². The van der Waals surface area contributed by atoms with E-state index in [9.17, 15) is 13.2 Å². The van der Waals surface area contributed by atoms with Crippen LogP contribution in [0.25, 0.3) is 5.69 Å². The summed E-state index contributed by atoms with van der Waals surface area (Å²) in [4.78, 5) is 12.5. The summed E-state index contributed by atoms with van der Waals surface area (Å²) in [5.74, 6) is -0.393. The van der Waals surface area contributed by atoms with Gasteiger partial charge in [-0.2, -0.15) is 5.10 Å². The lowest BCUT2D eigenvalue weighted by Gasteiger charge is -2.09. The van der Waals surface area contributed by atoms with Gasteiger partial charge in [-0.1, -0.05) is 23.7 Å². The highest BCUT2D eigenvalue weighted by atomic mass is 35.5. The number of nitrogens with one attached hydrogen (secondary N) is 3. The van der Waals surface area contributed by atoms with Gasteiger partial charge >= 0.3 is 0 Å². The minimum Gasteiger partial charge on any atom is -0.298 e. The number of hydrazine groups is 1. The molecule has 2 aromatic carbocycles. The second-order valence-corrected chi connectivity index (χ2v) is 8.75. The Morgan fingerprint density at radius 2 is 1.83 bits per heavy atom. The molecule has 0 radical (unpaired) electrons. The monoisotopic (exact) mass is 431 g/mol. The predicted octanol–water partition coefficient (Wildman–Crippen LogP) is 2.72. The van der Waals surface area contributed by atoms with Crippen molar-refractivity contribution in [2.75, 3.05) is 5.43 Å². The summed E-state index contributed by atoms with van der Waals surface area (Å²) < 4.78 is 28.5. The Labute approximate surface area is 172 Å². The summed E-state index contributed by atoms with van der Waals surface area (Å²) in [5.41, 5.74) is 6.86. The number of carbonyl (C=O) groups excluding carboxylic acids is 1. The number of amides is 1. The van der Waals surface area contributed by atoms with E-state index < -0.39 is 15.9 Å². The molecule has 1 heterocycles. The van der Waals surface area contributed by atoms with Crippen LogP contribution < -0.4 is 15.6 Å². The van der Waals surface area contributed by atoms with E-state index in [0.29, 0.717) is 22.0 Å². The fourth-order valence-corrected chi connectivity index (χ4v) is 4.14. The first-order chi connectivity index (χ1) is 13.9. The summed E-state index contributed by atoms with van der Waals surface area (Å²) in [6.07, 6.45) is 4.74. The zero-order valence-corrected chi connectivity index (χ0v) is 16.7. The third-order valence-corrected chi connectivity index (χ3v) is 6.18. The Hall–Kier alpha value is -2.88. The normalized spacial score (nSPS) is 13.8. The second-order valence-electron chi connectivity index (χ2n) is 6.62. The van der Waals surface area contributed by atoms with Gasteiger partial charge in [-0.25, -0.2) is 17.8 Å². The van der Waals surface area contributed by atoms with Crippen LogP contribution in [0, 0.1) is 0 Å². The molecule has 1 aliphatic carbocycles. The van der Waals surface area contributed by atoms with Gasteiger partial charge in [-0.05, 0) is 49.2 Å².